The van der Waals surface area contributed by atoms with Crippen molar-refractivity contribution in [3.05, 3.63) is 83.2 Å². The van der Waals surface area contributed by atoms with Crippen LogP contribution in [0.3, 0.4) is 0 Å². The van der Waals surface area contributed by atoms with Crippen molar-refractivity contribution in [2.24, 2.45) is 0 Å². The van der Waals surface area contributed by atoms with Gasteiger partial charge in [0.05, 0.1) is 30.9 Å². The van der Waals surface area contributed by atoms with Gasteiger partial charge in [0, 0.05) is 17.8 Å². The fraction of sp³-hybridized carbons (Fsp3) is 0.333. The third-order valence-electron chi connectivity index (χ3n) is 6.79. The first-order valence-electron chi connectivity index (χ1n) is 11.5. The molecule has 2 saturated heterocycles. The third kappa shape index (κ3) is 4.17. The van der Waals surface area contributed by atoms with Crippen LogP contribution >= 0.6 is 0 Å². The van der Waals surface area contributed by atoms with Gasteiger partial charge in [-0.15, -0.1) is 0 Å². The topological polar surface area (TPSA) is 47.4 Å². The van der Waals surface area contributed by atoms with Gasteiger partial charge in [0.25, 0.3) is 5.91 Å². The lowest BCUT2D eigenvalue weighted by Gasteiger charge is -2.46. The highest BCUT2D eigenvalue weighted by Gasteiger charge is 2.39. The van der Waals surface area contributed by atoms with Gasteiger partial charge in [-0.25, -0.2) is 9.37 Å². The molecule has 0 saturated carbocycles. The van der Waals surface area contributed by atoms with Gasteiger partial charge in [-0.1, -0.05) is 18.2 Å². The first-order valence-corrected chi connectivity index (χ1v) is 11.5. The molecule has 2 fully saturated rings. The normalized spacial score (nSPS) is 21.8. The lowest BCUT2D eigenvalue weighted by Crippen LogP contribution is -2.49. The Balaban J connectivity index is 1.44. The maximum Gasteiger partial charge on any atom is 0.250 e. The molecule has 0 N–H and O–H groups in total. The van der Waals surface area contributed by atoms with E-state index in [9.17, 15) is 9.18 Å². The van der Waals surface area contributed by atoms with Crippen molar-refractivity contribution in [1.29, 1.82) is 0 Å². The molecule has 0 spiro atoms. The Bertz CT molecular complexity index is 1200. The molecular weight excluding hydrogens is 417 g/mol. The van der Waals surface area contributed by atoms with Gasteiger partial charge in [0.1, 0.15) is 11.6 Å². The zero-order valence-electron chi connectivity index (χ0n) is 19.0. The largest absolute Gasteiger partial charge is 0.495 e. The molecule has 33 heavy (non-hydrogen) atoms. The van der Waals surface area contributed by atoms with Crippen LogP contribution in [-0.2, 0) is 4.79 Å². The van der Waals surface area contributed by atoms with Gasteiger partial charge >= 0.3 is 0 Å². The summed E-state index contributed by atoms with van der Waals surface area (Å²) >= 11 is 0. The molecule has 2 aliphatic rings. The number of carbonyl (C=O) groups excluding carboxylic acids is 1. The average molecular weight is 446 g/mol. The van der Waals surface area contributed by atoms with E-state index in [1.807, 2.05) is 59.0 Å². The van der Waals surface area contributed by atoms with Crippen LogP contribution in [0, 0.1) is 12.7 Å². The molecule has 2 aliphatic heterocycles. The molecule has 5 rings (SSSR count). The van der Waals surface area contributed by atoms with Gasteiger partial charge in [0.15, 0.2) is 0 Å². The molecule has 0 radical (unpaired) electrons. The van der Waals surface area contributed by atoms with Crippen LogP contribution in [0.25, 0.3) is 11.8 Å². The van der Waals surface area contributed by atoms with Crippen molar-refractivity contribution in [3.63, 3.8) is 0 Å². The fourth-order valence-corrected chi connectivity index (χ4v) is 5.16. The summed E-state index contributed by atoms with van der Waals surface area (Å²) in [6.07, 6.45) is 10.5. The summed E-state index contributed by atoms with van der Waals surface area (Å²) in [4.78, 5) is 19.9. The van der Waals surface area contributed by atoms with Crippen molar-refractivity contribution in [3.8, 4) is 11.4 Å². The molecule has 170 valence electrons. The van der Waals surface area contributed by atoms with E-state index >= 15 is 0 Å². The Labute approximate surface area is 193 Å². The predicted octanol–water partition coefficient (Wildman–Crippen LogP) is 5.63. The number of carbonyl (C=O) groups is 1. The zero-order valence-corrected chi connectivity index (χ0v) is 19.0. The second-order valence-electron chi connectivity index (χ2n) is 8.93. The Morgan fingerprint density at radius 3 is 2.67 bits per heavy atom. The van der Waals surface area contributed by atoms with Crippen molar-refractivity contribution < 1.29 is 13.9 Å². The summed E-state index contributed by atoms with van der Waals surface area (Å²) in [7, 11) is 1.65. The van der Waals surface area contributed by atoms with Crippen LogP contribution in [0.2, 0.25) is 0 Å². The van der Waals surface area contributed by atoms with Gasteiger partial charge in [-0.05, 0) is 80.5 Å². The van der Waals surface area contributed by atoms with Crippen molar-refractivity contribution in [1.82, 2.24) is 14.5 Å². The molecule has 2 aromatic carbocycles. The van der Waals surface area contributed by atoms with Crippen molar-refractivity contribution in [2.45, 2.75) is 51.1 Å². The molecule has 2 atom stereocenters. The number of imidazole rings is 1. The number of hydrogen-bond donors (Lipinski definition) is 0. The Hall–Kier alpha value is -3.41. The lowest BCUT2D eigenvalue weighted by atomic mass is 9.84. The van der Waals surface area contributed by atoms with Crippen LogP contribution < -0.4 is 4.74 Å². The molecular formula is C27H28FN3O2. The smallest absolute Gasteiger partial charge is 0.250 e. The number of ether oxygens (including phenoxy) is 1. The molecule has 3 aromatic rings. The van der Waals surface area contributed by atoms with E-state index in [-0.39, 0.29) is 23.8 Å². The number of piperidine rings is 2. The van der Waals surface area contributed by atoms with E-state index in [2.05, 4.69) is 4.98 Å². The molecule has 0 aliphatic carbocycles. The Morgan fingerprint density at radius 2 is 1.94 bits per heavy atom. The second-order valence-corrected chi connectivity index (χ2v) is 8.93. The summed E-state index contributed by atoms with van der Waals surface area (Å²) in [5, 5.41) is 0. The van der Waals surface area contributed by atoms with E-state index in [1.54, 1.807) is 13.4 Å². The highest BCUT2D eigenvalue weighted by Crippen LogP contribution is 2.41. The number of hydrogen-bond acceptors (Lipinski definition) is 3. The summed E-state index contributed by atoms with van der Waals surface area (Å²) in [5.41, 5.74) is 4.60. The summed E-state index contributed by atoms with van der Waals surface area (Å²) in [6, 6.07) is 12.8. The minimum absolute atomic E-state index is 0.00180. The number of methoxy groups -OCH3 is 1. The highest BCUT2D eigenvalue weighted by molar-refractivity contribution is 5.99. The molecule has 3 heterocycles. The van der Waals surface area contributed by atoms with E-state index in [1.165, 1.54) is 12.1 Å². The third-order valence-corrected chi connectivity index (χ3v) is 6.79. The summed E-state index contributed by atoms with van der Waals surface area (Å²) in [6.45, 7) is 1.95. The van der Waals surface area contributed by atoms with Crippen LogP contribution in [0.4, 0.5) is 4.39 Å². The van der Waals surface area contributed by atoms with Gasteiger partial charge in [-0.2, -0.15) is 0 Å². The van der Waals surface area contributed by atoms with Crippen LogP contribution in [0.1, 0.15) is 55.0 Å². The SMILES string of the molecule is COc1cc(/C=C2\CCC3CCCC(c4ccc(F)cc4)N3C2=O)ccc1-n1cnc(C)c1. The fourth-order valence-electron chi connectivity index (χ4n) is 5.16. The first-order chi connectivity index (χ1) is 16.0. The minimum Gasteiger partial charge on any atom is -0.495 e. The molecule has 1 aromatic heterocycles. The number of nitrogens with zero attached hydrogens (tertiary/aromatic N) is 3. The molecule has 1 amide bonds. The molecule has 0 bridgehead atoms. The Morgan fingerprint density at radius 1 is 1.12 bits per heavy atom. The van der Waals surface area contributed by atoms with Crippen molar-refractivity contribution >= 4 is 12.0 Å². The monoisotopic (exact) mass is 445 g/mol. The first kappa shape index (κ1) is 21.4. The molecule has 2 unspecified atom stereocenters. The maximum atomic E-state index is 13.6. The van der Waals surface area contributed by atoms with Crippen LogP contribution in [0.5, 0.6) is 5.75 Å². The summed E-state index contributed by atoms with van der Waals surface area (Å²) in [5.74, 6) is 0.568. The van der Waals surface area contributed by atoms with E-state index in [4.69, 9.17) is 4.74 Å². The number of benzene rings is 2. The number of aromatic nitrogens is 2. The van der Waals surface area contributed by atoms with E-state index < -0.39 is 0 Å². The lowest BCUT2D eigenvalue weighted by molar-refractivity contribution is -0.136. The molecule has 6 heteroatoms. The maximum absolute atomic E-state index is 13.6. The Kier molecular flexibility index (Phi) is 5.75. The van der Waals surface area contributed by atoms with Gasteiger partial charge in [-0.3, -0.25) is 4.79 Å². The zero-order chi connectivity index (χ0) is 22.9. The highest BCUT2D eigenvalue weighted by atomic mass is 19.1. The van der Waals surface area contributed by atoms with Crippen LogP contribution in [-0.4, -0.2) is 33.5 Å². The molecule has 5 nitrogen and oxygen atoms in total. The number of aryl methyl sites for hydroxylation is 1. The van der Waals surface area contributed by atoms with E-state index in [0.717, 1.165) is 65.9 Å². The van der Waals surface area contributed by atoms with Crippen molar-refractivity contribution in [2.75, 3.05) is 7.11 Å². The minimum atomic E-state index is -0.250. The van der Waals surface area contributed by atoms with Gasteiger partial charge in [0.2, 0.25) is 0 Å². The number of rotatable bonds is 4. The average Bonchev–Trinajstić information content (AvgIpc) is 3.27. The standard InChI is InChI=1S/C27H28FN3O2/c1-18-16-30(17-29-18)25-13-6-19(15-26(25)33-2)14-21-9-12-23-4-3-5-24(31(23)27(21)32)20-7-10-22(28)11-8-20/h6-8,10-11,13-17,23-24H,3-5,9,12H2,1-2H3/b21-14+. The number of amides is 1. The van der Waals surface area contributed by atoms with E-state index in [0.29, 0.717) is 0 Å². The number of halogens is 1. The predicted molar refractivity (Wildman–Crippen MR) is 126 cm³/mol. The van der Waals surface area contributed by atoms with Gasteiger partial charge < -0.3 is 14.2 Å². The second kappa shape index (κ2) is 8.85. The quantitative estimate of drug-likeness (QED) is 0.489. The van der Waals surface area contributed by atoms with Crippen LogP contribution in [0.15, 0.2) is 60.6 Å². The summed E-state index contributed by atoms with van der Waals surface area (Å²) < 4.78 is 21.0. The number of fused-ring (bicyclic) bond motifs is 1.